The SMILES string of the molecule is [CH2]CCCCCCCCCCCOC1CCOCC([O])CCOC1. The largest absolute Gasteiger partial charge is 0.379 e. The molecule has 0 aromatic carbocycles. The lowest BCUT2D eigenvalue weighted by molar-refractivity contribution is -0.0738. The molecular weight excluding hydrogens is 304 g/mol. The molecular formula is C20H38O4. The summed E-state index contributed by atoms with van der Waals surface area (Å²) in [6.07, 6.45) is 13.7. The highest BCUT2D eigenvalue weighted by Crippen LogP contribution is 2.11. The lowest BCUT2D eigenvalue weighted by Gasteiger charge is -2.20. The minimum Gasteiger partial charge on any atom is -0.379 e. The fourth-order valence-corrected chi connectivity index (χ4v) is 2.92. The molecule has 1 heterocycles. The molecule has 0 spiro atoms. The summed E-state index contributed by atoms with van der Waals surface area (Å²) in [5, 5.41) is 11.4. The van der Waals surface area contributed by atoms with E-state index < -0.39 is 6.10 Å². The van der Waals surface area contributed by atoms with E-state index in [4.69, 9.17) is 14.2 Å². The molecule has 1 rings (SSSR count). The van der Waals surface area contributed by atoms with Crippen molar-refractivity contribution in [3.63, 3.8) is 0 Å². The zero-order chi connectivity index (χ0) is 17.3. The van der Waals surface area contributed by atoms with Gasteiger partial charge in [-0.3, -0.25) is 0 Å². The van der Waals surface area contributed by atoms with Crippen LogP contribution in [0.3, 0.4) is 0 Å². The molecule has 0 saturated carbocycles. The van der Waals surface area contributed by atoms with E-state index in [1.165, 1.54) is 51.4 Å². The second-order valence-electron chi connectivity index (χ2n) is 6.88. The van der Waals surface area contributed by atoms with E-state index in [2.05, 4.69) is 6.92 Å². The third-order valence-electron chi connectivity index (χ3n) is 4.52. The first-order valence-corrected chi connectivity index (χ1v) is 10.0. The van der Waals surface area contributed by atoms with Gasteiger partial charge >= 0.3 is 0 Å². The number of hydrogen-bond donors (Lipinski definition) is 0. The van der Waals surface area contributed by atoms with E-state index in [0.717, 1.165) is 25.9 Å². The van der Waals surface area contributed by atoms with E-state index in [1.54, 1.807) is 0 Å². The fraction of sp³-hybridized carbons (Fsp3) is 0.950. The van der Waals surface area contributed by atoms with Gasteiger partial charge in [0.2, 0.25) is 0 Å². The van der Waals surface area contributed by atoms with Gasteiger partial charge in [-0.2, -0.15) is 0 Å². The maximum atomic E-state index is 11.4. The Morgan fingerprint density at radius 1 is 0.792 bits per heavy atom. The third-order valence-corrected chi connectivity index (χ3v) is 4.52. The summed E-state index contributed by atoms with van der Waals surface area (Å²) >= 11 is 0. The first-order valence-electron chi connectivity index (χ1n) is 10.0. The van der Waals surface area contributed by atoms with Gasteiger partial charge < -0.3 is 14.2 Å². The van der Waals surface area contributed by atoms with Gasteiger partial charge in [0.25, 0.3) is 0 Å². The fourth-order valence-electron chi connectivity index (χ4n) is 2.92. The van der Waals surface area contributed by atoms with Crippen molar-refractivity contribution >= 4 is 0 Å². The van der Waals surface area contributed by atoms with Crippen LogP contribution in [0.15, 0.2) is 0 Å². The first-order chi connectivity index (χ1) is 11.8. The maximum absolute atomic E-state index is 11.4. The predicted octanol–water partition coefficient (Wildman–Crippen LogP) is 4.73. The highest BCUT2D eigenvalue weighted by atomic mass is 16.5. The second-order valence-corrected chi connectivity index (χ2v) is 6.88. The van der Waals surface area contributed by atoms with Crippen LogP contribution in [0.2, 0.25) is 0 Å². The van der Waals surface area contributed by atoms with Gasteiger partial charge in [-0.1, -0.05) is 64.7 Å². The van der Waals surface area contributed by atoms with Crippen molar-refractivity contribution in [3.05, 3.63) is 6.92 Å². The minimum absolute atomic E-state index is 0.112. The van der Waals surface area contributed by atoms with Crippen LogP contribution in [0.5, 0.6) is 0 Å². The Balaban J connectivity index is 1.90. The van der Waals surface area contributed by atoms with Gasteiger partial charge in [-0.25, -0.2) is 5.11 Å². The van der Waals surface area contributed by atoms with E-state index in [0.29, 0.717) is 32.8 Å². The summed E-state index contributed by atoms with van der Waals surface area (Å²) in [5.74, 6) is 0. The average Bonchev–Trinajstić information content (AvgIpc) is 2.59. The molecule has 1 saturated heterocycles. The molecule has 0 bridgehead atoms. The summed E-state index contributed by atoms with van der Waals surface area (Å²) < 4.78 is 16.9. The highest BCUT2D eigenvalue weighted by Gasteiger charge is 2.14. The van der Waals surface area contributed by atoms with Crippen LogP contribution in [-0.2, 0) is 19.3 Å². The van der Waals surface area contributed by atoms with Crippen LogP contribution in [0.25, 0.3) is 0 Å². The Kier molecular flexibility index (Phi) is 14.9. The van der Waals surface area contributed by atoms with Gasteiger partial charge in [0.05, 0.1) is 19.3 Å². The molecule has 1 fully saturated rings. The Morgan fingerprint density at radius 2 is 1.38 bits per heavy atom. The molecule has 0 aromatic rings. The van der Waals surface area contributed by atoms with E-state index >= 15 is 0 Å². The number of ether oxygens (including phenoxy) is 3. The minimum atomic E-state index is -0.647. The van der Waals surface area contributed by atoms with Gasteiger partial charge in [0, 0.05) is 26.2 Å². The standard InChI is InChI=1S/C20H38O4/c1-2-3-4-5-6-7-8-9-10-11-14-24-20-13-16-22-17-19(21)12-15-23-18-20/h19-20H,1-18H2. The Labute approximate surface area is 149 Å². The van der Waals surface area contributed by atoms with E-state index in [-0.39, 0.29) is 6.10 Å². The zero-order valence-electron chi connectivity index (χ0n) is 15.5. The van der Waals surface area contributed by atoms with Gasteiger partial charge in [0.15, 0.2) is 0 Å². The van der Waals surface area contributed by atoms with Crippen LogP contribution in [0.4, 0.5) is 0 Å². The van der Waals surface area contributed by atoms with Crippen molar-refractivity contribution < 1.29 is 19.3 Å². The number of rotatable bonds is 12. The zero-order valence-corrected chi connectivity index (χ0v) is 15.5. The quantitative estimate of drug-likeness (QED) is 0.482. The van der Waals surface area contributed by atoms with Crippen molar-refractivity contribution in [1.29, 1.82) is 0 Å². The van der Waals surface area contributed by atoms with Crippen LogP contribution in [0, 0.1) is 6.92 Å². The highest BCUT2D eigenvalue weighted by molar-refractivity contribution is 4.61. The molecule has 0 amide bonds. The molecule has 0 aliphatic carbocycles. The number of hydrogen-bond acceptors (Lipinski definition) is 3. The molecule has 0 N–H and O–H groups in total. The first kappa shape index (κ1) is 21.9. The van der Waals surface area contributed by atoms with Crippen molar-refractivity contribution in [2.75, 3.05) is 33.0 Å². The summed E-state index contributed by atoms with van der Waals surface area (Å²) in [6.45, 7) is 6.69. The molecule has 2 radical (unpaired) electrons. The van der Waals surface area contributed by atoms with E-state index in [9.17, 15) is 5.11 Å². The molecule has 1 aliphatic heterocycles. The Bertz CT molecular complexity index is 248. The summed E-state index contributed by atoms with van der Waals surface area (Å²) in [6, 6.07) is 0. The average molecular weight is 343 g/mol. The lowest BCUT2D eigenvalue weighted by Crippen LogP contribution is -2.27. The van der Waals surface area contributed by atoms with Crippen LogP contribution >= 0.6 is 0 Å². The molecule has 1 aliphatic rings. The smallest absolute Gasteiger partial charge is 0.118 e. The molecule has 2 atom stereocenters. The van der Waals surface area contributed by atoms with Crippen molar-refractivity contribution in [2.45, 2.75) is 89.3 Å². The van der Waals surface area contributed by atoms with Crippen LogP contribution in [-0.4, -0.2) is 45.2 Å². The van der Waals surface area contributed by atoms with Crippen LogP contribution in [0.1, 0.15) is 77.0 Å². The monoisotopic (exact) mass is 342 g/mol. The van der Waals surface area contributed by atoms with Crippen molar-refractivity contribution in [1.82, 2.24) is 0 Å². The summed E-state index contributed by atoms with van der Waals surface area (Å²) in [4.78, 5) is 0. The third kappa shape index (κ3) is 13.2. The van der Waals surface area contributed by atoms with Gasteiger partial charge in [-0.05, 0) is 12.8 Å². The lowest BCUT2D eigenvalue weighted by atomic mass is 10.1. The van der Waals surface area contributed by atoms with E-state index in [1.807, 2.05) is 0 Å². The summed E-state index contributed by atoms with van der Waals surface area (Å²) in [5.41, 5.74) is 0. The Morgan fingerprint density at radius 3 is 2.08 bits per heavy atom. The van der Waals surface area contributed by atoms with Gasteiger partial charge in [-0.15, -0.1) is 0 Å². The molecule has 2 unspecified atom stereocenters. The normalized spacial score (nSPS) is 23.2. The Hall–Kier alpha value is -0.160. The molecule has 4 heteroatoms. The molecule has 4 nitrogen and oxygen atoms in total. The van der Waals surface area contributed by atoms with Crippen LogP contribution < -0.4 is 0 Å². The molecule has 0 aromatic heterocycles. The summed E-state index contributed by atoms with van der Waals surface area (Å²) in [7, 11) is 0. The molecule has 24 heavy (non-hydrogen) atoms. The van der Waals surface area contributed by atoms with Gasteiger partial charge in [0.1, 0.15) is 6.10 Å². The predicted molar refractivity (Wildman–Crippen MR) is 96.6 cm³/mol. The maximum Gasteiger partial charge on any atom is 0.118 e. The second kappa shape index (κ2) is 16.3. The number of unbranched alkanes of at least 4 members (excludes halogenated alkanes) is 9. The topological polar surface area (TPSA) is 47.6 Å². The van der Waals surface area contributed by atoms with Crippen molar-refractivity contribution in [2.24, 2.45) is 0 Å². The molecule has 142 valence electrons. The van der Waals surface area contributed by atoms with Crippen molar-refractivity contribution in [3.8, 4) is 0 Å².